The molecule has 4 nitrogen and oxygen atoms in total. The minimum absolute atomic E-state index is 0.0549. The molecule has 158 valence electrons. The summed E-state index contributed by atoms with van der Waals surface area (Å²) < 4.78 is 0. The smallest absolute Gasteiger partial charge is 0.251 e. The molecule has 4 rings (SSSR count). The van der Waals surface area contributed by atoms with Crippen molar-refractivity contribution in [2.24, 2.45) is 0 Å². The molecule has 0 bridgehead atoms. The number of amides is 2. The molecule has 3 aromatic carbocycles. The number of thioether (sulfide) groups is 1. The van der Waals surface area contributed by atoms with E-state index in [-0.39, 0.29) is 11.8 Å². The molecule has 6 heteroatoms. The Morgan fingerprint density at radius 3 is 2.65 bits per heavy atom. The largest absolute Gasteiger partial charge is 0.352 e. The summed E-state index contributed by atoms with van der Waals surface area (Å²) in [5, 5.41) is 3.67. The van der Waals surface area contributed by atoms with E-state index in [1.807, 2.05) is 67.6 Å². The Morgan fingerprint density at radius 2 is 1.87 bits per heavy atom. The lowest BCUT2D eigenvalue weighted by molar-refractivity contribution is -0.116. The van der Waals surface area contributed by atoms with Crippen LogP contribution in [0.4, 0.5) is 5.69 Å². The van der Waals surface area contributed by atoms with Gasteiger partial charge in [-0.05, 0) is 54.8 Å². The van der Waals surface area contributed by atoms with Gasteiger partial charge in [0.2, 0.25) is 5.91 Å². The highest BCUT2D eigenvalue weighted by Gasteiger charge is 2.26. The van der Waals surface area contributed by atoms with E-state index in [9.17, 15) is 9.59 Å². The molecule has 0 unspecified atom stereocenters. The number of rotatable bonds is 6. The third kappa shape index (κ3) is 5.30. The third-order valence-corrected chi connectivity index (χ3v) is 6.50. The third-order valence-electron chi connectivity index (χ3n) is 5.20. The van der Waals surface area contributed by atoms with Crippen LogP contribution in [0.25, 0.3) is 0 Å². The lowest BCUT2D eigenvalue weighted by Gasteiger charge is -2.29. The van der Waals surface area contributed by atoms with Crippen LogP contribution in [0.3, 0.4) is 0 Å². The second-order valence-corrected chi connectivity index (χ2v) is 9.03. The number of aryl methyl sites for hydroxylation is 1. The van der Waals surface area contributed by atoms with Crippen molar-refractivity contribution in [3.63, 3.8) is 0 Å². The second-order valence-electron chi connectivity index (χ2n) is 7.57. The summed E-state index contributed by atoms with van der Waals surface area (Å²) in [7, 11) is 0. The predicted molar refractivity (Wildman–Crippen MR) is 127 cm³/mol. The first-order valence-corrected chi connectivity index (χ1v) is 11.5. The zero-order chi connectivity index (χ0) is 21.8. The number of hydrogen-bond donors (Lipinski definition) is 1. The van der Waals surface area contributed by atoms with E-state index < -0.39 is 0 Å². The van der Waals surface area contributed by atoms with Crippen LogP contribution in [0.5, 0.6) is 0 Å². The van der Waals surface area contributed by atoms with Gasteiger partial charge >= 0.3 is 0 Å². The maximum atomic E-state index is 12.7. The van der Waals surface area contributed by atoms with Crippen molar-refractivity contribution in [1.29, 1.82) is 0 Å². The van der Waals surface area contributed by atoms with Crippen molar-refractivity contribution in [2.75, 3.05) is 17.2 Å². The van der Waals surface area contributed by atoms with E-state index in [1.165, 1.54) is 11.8 Å². The van der Waals surface area contributed by atoms with Crippen molar-refractivity contribution in [2.45, 2.75) is 24.8 Å². The highest BCUT2D eigenvalue weighted by atomic mass is 35.5. The van der Waals surface area contributed by atoms with Gasteiger partial charge in [-0.15, -0.1) is 11.8 Å². The topological polar surface area (TPSA) is 49.4 Å². The SMILES string of the molecule is Cc1cccc(CN2C(=O)CSc3ccc(C(=O)NCCc4ccc(Cl)cc4)cc32)c1. The van der Waals surface area contributed by atoms with Crippen molar-refractivity contribution >= 4 is 40.9 Å². The molecule has 0 aliphatic carbocycles. The predicted octanol–water partition coefficient (Wildman–Crippen LogP) is 5.26. The average Bonchev–Trinajstić information content (AvgIpc) is 2.77. The molecule has 1 heterocycles. The molecule has 0 atom stereocenters. The van der Waals surface area contributed by atoms with Gasteiger partial charge in [0.05, 0.1) is 18.0 Å². The Bertz CT molecular complexity index is 1110. The number of carbonyl (C=O) groups is 2. The molecule has 0 saturated carbocycles. The molecule has 31 heavy (non-hydrogen) atoms. The van der Waals surface area contributed by atoms with Crippen molar-refractivity contribution in [3.05, 3.63) is 94.0 Å². The fourth-order valence-corrected chi connectivity index (χ4v) is 4.63. The number of nitrogens with one attached hydrogen (secondary N) is 1. The van der Waals surface area contributed by atoms with E-state index in [0.717, 1.165) is 33.7 Å². The van der Waals surface area contributed by atoms with Crippen LogP contribution in [-0.2, 0) is 17.8 Å². The molecule has 0 radical (unpaired) electrons. The van der Waals surface area contributed by atoms with Gasteiger partial charge < -0.3 is 10.2 Å². The van der Waals surface area contributed by atoms with Gasteiger partial charge in [0.25, 0.3) is 5.91 Å². The lowest BCUT2D eigenvalue weighted by atomic mass is 10.1. The van der Waals surface area contributed by atoms with Gasteiger partial charge in [-0.3, -0.25) is 9.59 Å². The van der Waals surface area contributed by atoms with E-state index >= 15 is 0 Å². The first kappa shape index (κ1) is 21.5. The highest BCUT2D eigenvalue weighted by molar-refractivity contribution is 8.00. The van der Waals surface area contributed by atoms with Gasteiger partial charge in [-0.25, -0.2) is 0 Å². The molecule has 2 amide bonds. The fraction of sp³-hybridized carbons (Fsp3) is 0.200. The molecule has 1 aliphatic heterocycles. The van der Waals surface area contributed by atoms with Gasteiger partial charge in [-0.2, -0.15) is 0 Å². The Labute approximate surface area is 191 Å². The second kappa shape index (κ2) is 9.58. The summed E-state index contributed by atoms with van der Waals surface area (Å²) in [6.45, 7) is 3.06. The molecule has 0 saturated heterocycles. The van der Waals surface area contributed by atoms with Crippen LogP contribution in [0, 0.1) is 6.92 Å². The highest BCUT2D eigenvalue weighted by Crippen LogP contribution is 2.37. The van der Waals surface area contributed by atoms with Crippen molar-refractivity contribution < 1.29 is 9.59 Å². The normalized spacial score (nSPS) is 13.1. The molecule has 0 spiro atoms. The zero-order valence-corrected chi connectivity index (χ0v) is 18.8. The first-order valence-electron chi connectivity index (χ1n) is 10.1. The van der Waals surface area contributed by atoms with E-state index in [4.69, 9.17) is 11.6 Å². The molecule has 0 aromatic heterocycles. The van der Waals surface area contributed by atoms with Gasteiger partial charge in [0.1, 0.15) is 0 Å². The first-order chi connectivity index (χ1) is 15.0. The number of nitrogens with zero attached hydrogens (tertiary/aromatic N) is 1. The van der Waals surface area contributed by atoms with E-state index in [2.05, 4.69) is 11.4 Å². The fourth-order valence-electron chi connectivity index (χ4n) is 3.58. The van der Waals surface area contributed by atoms with E-state index in [1.54, 1.807) is 4.90 Å². The Balaban J connectivity index is 1.47. The number of fused-ring (bicyclic) bond motifs is 1. The van der Waals surface area contributed by atoms with Crippen LogP contribution in [0.15, 0.2) is 71.6 Å². The molecular weight excluding hydrogens is 428 g/mol. The van der Waals surface area contributed by atoms with Crippen LogP contribution in [0.2, 0.25) is 5.02 Å². The monoisotopic (exact) mass is 450 g/mol. The molecule has 1 aliphatic rings. The molecular formula is C25H23ClN2O2S. The zero-order valence-electron chi connectivity index (χ0n) is 17.2. The Morgan fingerprint density at radius 1 is 1.06 bits per heavy atom. The van der Waals surface area contributed by atoms with Crippen LogP contribution in [0.1, 0.15) is 27.0 Å². The van der Waals surface area contributed by atoms with Crippen molar-refractivity contribution in [3.8, 4) is 0 Å². The minimum atomic E-state index is -0.143. The summed E-state index contributed by atoms with van der Waals surface area (Å²) in [5.74, 6) is 0.320. The van der Waals surface area contributed by atoms with Crippen LogP contribution >= 0.6 is 23.4 Å². The average molecular weight is 451 g/mol. The van der Waals surface area contributed by atoms with Crippen LogP contribution < -0.4 is 10.2 Å². The summed E-state index contributed by atoms with van der Waals surface area (Å²) >= 11 is 7.43. The van der Waals surface area contributed by atoms with E-state index in [0.29, 0.717) is 29.4 Å². The minimum Gasteiger partial charge on any atom is -0.352 e. The number of benzene rings is 3. The van der Waals surface area contributed by atoms with Gasteiger partial charge in [0, 0.05) is 22.0 Å². The molecule has 0 fully saturated rings. The summed E-state index contributed by atoms with van der Waals surface area (Å²) in [4.78, 5) is 28.2. The maximum Gasteiger partial charge on any atom is 0.251 e. The van der Waals surface area contributed by atoms with Gasteiger partial charge in [-0.1, -0.05) is 53.6 Å². The molecule has 1 N–H and O–H groups in total. The number of carbonyl (C=O) groups excluding carboxylic acids is 2. The summed E-state index contributed by atoms with van der Waals surface area (Å²) in [6, 6.07) is 21.3. The van der Waals surface area contributed by atoms with Crippen LogP contribution in [-0.4, -0.2) is 24.1 Å². The summed E-state index contributed by atoms with van der Waals surface area (Å²) in [6.07, 6.45) is 0.724. The number of halogens is 1. The quantitative estimate of drug-likeness (QED) is 0.557. The van der Waals surface area contributed by atoms with Gasteiger partial charge in [0.15, 0.2) is 0 Å². The van der Waals surface area contributed by atoms with Crippen molar-refractivity contribution in [1.82, 2.24) is 5.32 Å². The standard InChI is InChI=1S/C25H23ClN2O2S/c1-17-3-2-4-19(13-17)15-28-22-14-20(7-10-23(22)31-16-24(28)29)25(30)27-12-11-18-5-8-21(26)9-6-18/h2-10,13-14H,11-12,15-16H2,1H3,(H,27,30). The molecule has 3 aromatic rings. The number of hydrogen-bond acceptors (Lipinski definition) is 3. The number of anilines is 1. The maximum absolute atomic E-state index is 12.7. The lowest BCUT2D eigenvalue weighted by Crippen LogP contribution is -2.35. The Hall–Kier alpha value is -2.76. The Kier molecular flexibility index (Phi) is 6.64. The summed E-state index contributed by atoms with van der Waals surface area (Å²) in [5.41, 5.74) is 4.70.